The van der Waals surface area contributed by atoms with E-state index in [1.807, 2.05) is 0 Å². The molecule has 1 heterocycles. The second-order valence-electron chi connectivity index (χ2n) is 5.83. The molecule has 2 aromatic rings. The first-order valence-electron chi connectivity index (χ1n) is 8.64. The van der Waals surface area contributed by atoms with Crippen LogP contribution in [0.1, 0.15) is 19.4 Å². The summed E-state index contributed by atoms with van der Waals surface area (Å²) < 4.78 is 56.3. The Kier molecular flexibility index (Phi) is 7.71. The Balaban J connectivity index is 2.29. The van der Waals surface area contributed by atoms with Crippen molar-refractivity contribution in [2.24, 2.45) is 0 Å². The number of sulfone groups is 1. The number of ether oxygens (including phenoxy) is 1. The molecule has 0 fully saturated rings. The minimum Gasteiger partial charge on any atom is -0.490 e. The number of carbonyl (C=O) groups is 1. The third-order valence-corrected chi connectivity index (χ3v) is 6.96. The van der Waals surface area contributed by atoms with Crippen LogP contribution < -0.4 is 14.2 Å². The zero-order valence-electron chi connectivity index (χ0n) is 16.6. The average Bonchev–Trinajstić information content (AvgIpc) is 3.16. The number of hydrogen-bond acceptors (Lipinski definition) is 11. The summed E-state index contributed by atoms with van der Waals surface area (Å²) in [6.45, 7) is 3.36. The van der Waals surface area contributed by atoms with Crippen LogP contribution in [0.25, 0.3) is 6.08 Å². The molecule has 1 aromatic carbocycles. The number of anilines is 1. The van der Waals surface area contributed by atoms with Crippen molar-refractivity contribution in [2.45, 2.75) is 18.2 Å². The first-order chi connectivity index (χ1) is 14.5. The van der Waals surface area contributed by atoms with Gasteiger partial charge in [-0.3, -0.25) is 10.1 Å². The molecule has 0 radical (unpaired) electrons. The van der Waals surface area contributed by atoms with Crippen molar-refractivity contribution < 1.29 is 30.6 Å². The molecule has 1 aromatic heterocycles. The molecular formula is C17H18N4O7S3. The Hall–Kier alpha value is -3.02. The smallest absolute Gasteiger partial charge is 0.306 e. The van der Waals surface area contributed by atoms with E-state index in [0.717, 1.165) is 6.26 Å². The first-order valence-corrected chi connectivity index (χ1v) is 12.9. The van der Waals surface area contributed by atoms with Crippen molar-refractivity contribution in [3.8, 4) is 17.6 Å². The van der Waals surface area contributed by atoms with Gasteiger partial charge >= 0.3 is 10.1 Å². The second kappa shape index (κ2) is 9.86. The van der Waals surface area contributed by atoms with Gasteiger partial charge in [-0.05, 0) is 30.7 Å². The maximum atomic E-state index is 12.4. The number of carbonyl (C=O) groups excluding carboxylic acids is 1. The molecule has 0 saturated carbocycles. The van der Waals surface area contributed by atoms with Crippen LogP contribution in [0.2, 0.25) is 0 Å². The molecule has 0 aliphatic carbocycles. The van der Waals surface area contributed by atoms with Crippen molar-refractivity contribution >= 4 is 48.4 Å². The Bertz CT molecular complexity index is 1260. The van der Waals surface area contributed by atoms with E-state index in [1.54, 1.807) is 13.0 Å². The maximum absolute atomic E-state index is 12.4. The summed E-state index contributed by atoms with van der Waals surface area (Å²) in [7, 11) is -7.35. The summed E-state index contributed by atoms with van der Waals surface area (Å²) in [6, 6.07) is 5.92. The van der Waals surface area contributed by atoms with Crippen molar-refractivity contribution in [1.29, 1.82) is 5.26 Å². The topological polar surface area (TPSA) is 165 Å². The third-order valence-electron chi connectivity index (χ3n) is 3.46. The monoisotopic (exact) mass is 486 g/mol. The molecule has 166 valence electrons. The van der Waals surface area contributed by atoms with Gasteiger partial charge < -0.3 is 8.92 Å². The summed E-state index contributed by atoms with van der Waals surface area (Å²) in [5.74, 6) is -0.922. The Morgan fingerprint density at radius 1 is 1.23 bits per heavy atom. The fourth-order valence-corrected chi connectivity index (χ4v) is 4.55. The molecule has 11 nitrogen and oxygen atoms in total. The van der Waals surface area contributed by atoms with Crippen molar-refractivity contribution in [1.82, 2.24) is 10.2 Å². The number of rotatable bonds is 9. The number of nitrogens with zero attached hydrogens (tertiary/aromatic N) is 3. The molecule has 1 amide bonds. The fourth-order valence-electron chi connectivity index (χ4n) is 2.10. The van der Waals surface area contributed by atoms with Gasteiger partial charge in [0.2, 0.25) is 19.3 Å². The molecule has 0 aliphatic heterocycles. The predicted molar refractivity (Wildman–Crippen MR) is 113 cm³/mol. The summed E-state index contributed by atoms with van der Waals surface area (Å²) in [4.78, 5) is 12.4. The number of benzene rings is 1. The van der Waals surface area contributed by atoms with Gasteiger partial charge in [0.15, 0.2) is 11.5 Å². The van der Waals surface area contributed by atoms with Gasteiger partial charge in [0.1, 0.15) is 11.6 Å². The van der Waals surface area contributed by atoms with E-state index >= 15 is 0 Å². The van der Waals surface area contributed by atoms with E-state index in [2.05, 4.69) is 15.5 Å². The highest BCUT2D eigenvalue weighted by molar-refractivity contribution is 7.93. The number of nitrogens with one attached hydrogen (secondary N) is 1. The van der Waals surface area contributed by atoms with E-state index in [9.17, 15) is 26.9 Å². The minimum absolute atomic E-state index is 0.0389. The highest BCUT2D eigenvalue weighted by Crippen LogP contribution is 2.30. The van der Waals surface area contributed by atoms with Crippen LogP contribution in [0.4, 0.5) is 5.13 Å². The molecule has 0 saturated heterocycles. The van der Waals surface area contributed by atoms with Gasteiger partial charge in [-0.2, -0.15) is 13.7 Å². The number of nitriles is 1. The van der Waals surface area contributed by atoms with Crippen molar-refractivity contribution in [2.75, 3.05) is 23.9 Å². The highest BCUT2D eigenvalue weighted by Gasteiger charge is 2.20. The summed E-state index contributed by atoms with van der Waals surface area (Å²) in [6.07, 6.45) is 2.13. The van der Waals surface area contributed by atoms with E-state index in [0.29, 0.717) is 16.9 Å². The molecule has 0 bridgehead atoms. The molecule has 0 unspecified atom stereocenters. The molecule has 0 atom stereocenters. The van der Waals surface area contributed by atoms with E-state index in [-0.39, 0.29) is 38.9 Å². The maximum Gasteiger partial charge on any atom is 0.306 e. The van der Waals surface area contributed by atoms with Crippen molar-refractivity contribution in [3.63, 3.8) is 0 Å². The van der Waals surface area contributed by atoms with Crippen LogP contribution in [-0.2, 0) is 24.7 Å². The lowest BCUT2D eigenvalue weighted by Crippen LogP contribution is -2.13. The quantitative estimate of drug-likeness (QED) is 0.238. The summed E-state index contributed by atoms with van der Waals surface area (Å²) in [5, 5.41) is 18.7. The molecule has 0 spiro atoms. The lowest BCUT2D eigenvalue weighted by atomic mass is 10.1. The summed E-state index contributed by atoms with van der Waals surface area (Å²) in [5.41, 5.74) is 0.0526. The van der Waals surface area contributed by atoms with Crippen molar-refractivity contribution in [3.05, 3.63) is 29.3 Å². The SMILES string of the molecule is CCOc1cc(/C=C(/C#N)C(=O)Nc2nnc(S(=O)(=O)CC)s2)ccc1OS(C)(=O)=O. The normalized spacial score (nSPS) is 12.1. The predicted octanol–water partition coefficient (Wildman–Crippen LogP) is 1.61. The van der Waals surface area contributed by atoms with Crippen LogP contribution in [-0.4, -0.2) is 51.6 Å². The van der Waals surface area contributed by atoms with Crippen LogP contribution in [0.3, 0.4) is 0 Å². The standard InChI is InChI=1S/C17H18N4O7S3/c1-4-27-14-9-11(6-7-13(14)28-30(3,23)24)8-12(10-18)15(22)19-16-20-21-17(29-16)31(25,26)5-2/h6-9H,4-5H2,1-3H3,(H,19,20,22)/b12-8-. The zero-order chi connectivity index (χ0) is 23.2. The van der Waals surface area contributed by atoms with Gasteiger partial charge in [-0.25, -0.2) is 8.42 Å². The molecule has 2 rings (SSSR count). The Labute approximate surface area is 183 Å². The van der Waals surface area contributed by atoms with Crippen LogP contribution in [0.15, 0.2) is 28.1 Å². The van der Waals surface area contributed by atoms with Gasteiger partial charge in [0, 0.05) is 0 Å². The highest BCUT2D eigenvalue weighted by atomic mass is 32.2. The minimum atomic E-state index is -3.78. The van der Waals surface area contributed by atoms with E-state index < -0.39 is 25.9 Å². The lowest BCUT2D eigenvalue weighted by Gasteiger charge is -2.11. The molecule has 14 heteroatoms. The largest absolute Gasteiger partial charge is 0.490 e. The second-order valence-corrected chi connectivity index (χ2v) is 10.8. The van der Waals surface area contributed by atoms with Gasteiger partial charge in [-0.1, -0.05) is 24.3 Å². The first kappa shape index (κ1) is 24.3. The fraction of sp³-hybridized carbons (Fsp3) is 0.294. The average molecular weight is 487 g/mol. The number of hydrogen-bond donors (Lipinski definition) is 1. The third kappa shape index (κ3) is 6.74. The molecule has 0 aliphatic rings. The van der Waals surface area contributed by atoms with E-state index in [1.165, 1.54) is 31.2 Å². The summed E-state index contributed by atoms with van der Waals surface area (Å²) >= 11 is 0.671. The molecule has 1 N–H and O–H groups in total. The van der Waals surface area contributed by atoms with E-state index in [4.69, 9.17) is 8.92 Å². The van der Waals surface area contributed by atoms with Gasteiger partial charge in [0.25, 0.3) is 5.91 Å². The Morgan fingerprint density at radius 3 is 2.52 bits per heavy atom. The molecule has 31 heavy (non-hydrogen) atoms. The number of amides is 1. The van der Waals surface area contributed by atoms with Gasteiger partial charge in [0.05, 0.1) is 18.6 Å². The lowest BCUT2D eigenvalue weighted by molar-refractivity contribution is -0.112. The zero-order valence-corrected chi connectivity index (χ0v) is 19.1. The number of aromatic nitrogens is 2. The van der Waals surface area contributed by atoms with Gasteiger partial charge in [-0.15, -0.1) is 10.2 Å². The van der Waals surface area contributed by atoms with Crippen LogP contribution in [0.5, 0.6) is 11.5 Å². The van der Waals surface area contributed by atoms with Crippen LogP contribution >= 0.6 is 11.3 Å². The molecular weight excluding hydrogens is 468 g/mol. The van der Waals surface area contributed by atoms with Crippen LogP contribution in [0, 0.1) is 11.3 Å². The Morgan fingerprint density at radius 2 is 1.94 bits per heavy atom.